The van der Waals surface area contributed by atoms with Crippen LogP contribution in [0.4, 0.5) is 0 Å². The molecule has 2 aliphatic rings. The van der Waals surface area contributed by atoms with Crippen LogP contribution >= 0.6 is 0 Å². The normalized spacial score (nSPS) is 18.1. The molecule has 1 aromatic heterocycles. The zero-order valence-electron chi connectivity index (χ0n) is 13.5. The van der Waals surface area contributed by atoms with E-state index in [-0.39, 0.29) is 23.9 Å². The van der Waals surface area contributed by atoms with Crippen molar-refractivity contribution in [2.45, 2.75) is 58.0 Å². The number of aryl methyl sites for hydroxylation is 2. The third kappa shape index (κ3) is 3.16. The molecule has 1 fully saturated rings. The van der Waals surface area contributed by atoms with Crippen LogP contribution in [0.1, 0.15) is 49.4 Å². The summed E-state index contributed by atoms with van der Waals surface area (Å²) in [6, 6.07) is 1.47. The van der Waals surface area contributed by atoms with Crippen molar-refractivity contribution in [3.05, 3.63) is 33.2 Å². The molecule has 23 heavy (non-hydrogen) atoms. The fourth-order valence-corrected chi connectivity index (χ4v) is 3.54. The first-order chi connectivity index (χ1) is 11.1. The van der Waals surface area contributed by atoms with Crippen LogP contribution in [0.5, 0.6) is 0 Å². The second kappa shape index (κ2) is 6.56. The Labute approximate surface area is 135 Å². The molecule has 3 rings (SSSR count). The van der Waals surface area contributed by atoms with Crippen molar-refractivity contribution < 1.29 is 9.59 Å². The highest BCUT2D eigenvalue weighted by Gasteiger charge is 2.31. The molecule has 1 aliphatic heterocycles. The maximum atomic E-state index is 12.4. The van der Waals surface area contributed by atoms with E-state index in [4.69, 9.17) is 0 Å². The van der Waals surface area contributed by atoms with Crippen LogP contribution in [0, 0.1) is 0 Å². The number of fused-ring (bicyclic) bond motifs is 1. The van der Waals surface area contributed by atoms with Crippen molar-refractivity contribution in [1.29, 1.82) is 0 Å². The first kappa shape index (κ1) is 15.8. The number of hydrogen-bond acceptors (Lipinski definition) is 3. The number of nitrogens with one attached hydrogen (secondary N) is 2. The summed E-state index contributed by atoms with van der Waals surface area (Å²) in [6.45, 7) is 2.75. The third-order valence-corrected chi connectivity index (χ3v) is 4.79. The maximum Gasteiger partial charge on any atom is 0.253 e. The molecule has 1 aromatic rings. The SMILES string of the molecule is CC[C@H](C(=O)NCc1cc2c([nH]c1=O)CCC2)N1CCCC1=O. The Kier molecular flexibility index (Phi) is 4.50. The Bertz CT molecular complexity index is 680. The van der Waals surface area contributed by atoms with Gasteiger partial charge >= 0.3 is 0 Å². The molecule has 2 N–H and O–H groups in total. The monoisotopic (exact) mass is 317 g/mol. The summed E-state index contributed by atoms with van der Waals surface area (Å²) in [4.78, 5) is 40.9. The Hall–Kier alpha value is -2.11. The van der Waals surface area contributed by atoms with Gasteiger partial charge in [0.1, 0.15) is 6.04 Å². The Morgan fingerprint density at radius 3 is 2.83 bits per heavy atom. The van der Waals surface area contributed by atoms with Crippen molar-refractivity contribution >= 4 is 11.8 Å². The van der Waals surface area contributed by atoms with Gasteiger partial charge < -0.3 is 15.2 Å². The summed E-state index contributed by atoms with van der Waals surface area (Å²) in [6.07, 6.45) is 4.88. The minimum Gasteiger partial charge on any atom is -0.350 e. The second-order valence-corrected chi connectivity index (χ2v) is 6.31. The fourth-order valence-electron chi connectivity index (χ4n) is 3.54. The minimum atomic E-state index is -0.432. The largest absolute Gasteiger partial charge is 0.350 e. The van der Waals surface area contributed by atoms with E-state index in [0.717, 1.165) is 31.4 Å². The summed E-state index contributed by atoms with van der Waals surface area (Å²) < 4.78 is 0. The lowest BCUT2D eigenvalue weighted by molar-refractivity contribution is -0.137. The van der Waals surface area contributed by atoms with Crippen LogP contribution in [-0.2, 0) is 29.0 Å². The highest BCUT2D eigenvalue weighted by Crippen LogP contribution is 2.19. The summed E-state index contributed by atoms with van der Waals surface area (Å²) in [5.74, 6) is -0.134. The number of hydrogen-bond donors (Lipinski definition) is 2. The van der Waals surface area contributed by atoms with Gasteiger partial charge in [-0.2, -0.15) is 0 Å². The number of pyridine rings is 1. The van der Waals surface area contributed by atoms with Gasteiger partial charge in [-0.1, -0.05) is 6.92 Å². The fraction of sp³-hybridized carbons (Fsp3) is 0.588. The van der Waals surface area contributed by atoms with Crippen molar-refractivity contribution in [3.8, 4) is 0 Å². The Morgan fingerprint density at radius 1 is 1.30 bits per heavy atom. The third-order valence-electron chi connectivity index (χ3n) is 4.79. The number of likely N-dealkylation sites (tertiary alicyclic amines) is 1. The first-order valence-corrected chi connectivity index (χ1v) is 8.41. The molecule has 0 radical (unpaired) electrons. The van der Waals surface area contributed by atoms with Gasteiger partial charge in [-0.25, -0.2) is 0 Å². The molecule has 0 aromatic carbocycles. The summed E-state index contributed by atoms with van der Waals surface area (Å²) in [5.41, 5.74) is 2.66. The number of aromatic nitrogens is 1. The van der Waals surface area contributed by atoms with Gasteiger partial charge in [-0.3, -0.25) is 14.4 Å². The first-order valence-electron chi connectivity index (χ1n) is 8.41. The molecule has 2 amide bonds. The molecule has 6 nitrogen and oxygen atoms in total. The molecular weight excluding hydrogens is 294 g/mol. The number of nitrogens with zero attached hydrogens (tertiary/aromatic N) is 1. The average Bonchev–Trinajstić information content (AvgIpc) is 3.15. The van der Waals surface area contributed by atoms with Gasteiger partial charge in [0, 0.05) is 30.8 Å². The number of carbonyl (C=O) groups is 2. The highest BCUT2D eigenvalue weighted by atomic mass is 16.2. The number of carbonyl (C=O) groups excluding carboxylic acids is 2. The van der Waals surface area contributed by atoms with Crippen molar-refractivity contribution in [2.24, 2.45) is 0 Å². The molecule has 1 saturated heterocycles. The van der Waals surface area contributed by atoms with E-state index in [1.165, 1.54) is 5.56 Å². The lowest BCUT2D eigenvalue weighted by atomic mass is 10.1. The van der Waals surface area contributed by atoms with E-state index in [9.17, 15) is 14.4 Å². The van der Waals surface area contributed by atoms with Gasteiger partial charge in [-0.05, 0) is 43.7 Å². The molecule has 1 atom stereocenters. The molecule has 6 heteroatoms. The predicted molar refractivity (Wildman–Crippen MR) is 86.0 cm³/mol. The summed E-state index contributed by atoms with van der Waals surface area (Å²) in [7, 11) is 0. The molecule has 0 saturated carbocycles. The van der Waals surface area contributed by atoms with Gasteiger partial charge in [-0.15, -0.1) is 0 Å². The Balaban J connectivity index is 1.66. The van der Waals surface area contributed by atoms with E-state index >= 15 is 0 Å². The van der Waals surface area contributed by atoms with E-state index in [0.29, 0.717) is 24.9 Å². The van der Waals surface area contributed by atoms with Crippen LogP contribution in [0.3, 0.4) is 0 Å². The average molecular weight is 317 g/mol. The summed E-state index contributed by atoms with van der Waals surface area (Å²) in [5, 5.41) is 2.83. The van der Waals surface area contributed by atoms with E-state index in [1.807, 2.05) is 13.0 Å². The molecule has 124 valence electrons. The standard InChI is InChI=1S/C17H23N3O3/c1-2-14(20-8-4-7-15(20)21)17(23)18-10-12-9-11-5-3-6-13(11)19-16(12)22/h9,14H,2-8,10H2,1H3,(H,18,23)(H,19,22)/t14-/m1/s1. The molecular formula is C17H23N3O3. The van der Waals surface area contributed by atoms with E-state index in [1.54, 1.807) is 4.90 Å². The molecule has 0 spiro atoms. The van der Waals surface area contributed by atoms with Gasteiger partial charge in [0.2, 0.25) is 11.8 Å². The van der Waals surface area contributed by atoms with Crippen LogP contribution in [-0.4, -0.2) is 34.3 Å². The molecule has 1 aliphatic carbocycles. The maximum absolute atomic E-state index is 12.4. The number of rotatable bonds is 5. The molecule has 0 unspecified atom stereocenters. The lowest BCUT2D eigenvalue weighted by Gasteiger charge is -2.25. The van der Waals surface area contributed by atoms with Crippen LogP contribution in [0.25, 0.3) is 0 Å². The number of aromatic amines is 1. The van der Waals surface area contributed by atoms with Gasteiger partial charge in [0.15, 0.2) is 0 Å². The van der Waals surface area contributed by atoms with Crippen molar-refractivity contribution in [1.82, 2.24) is 15.2 Å². The zero-order chi connectivity index (χ0) is 16.4. The lowest BCUT2D eigenvalue weighted by Crippen LogP contribution is -2.47. The van der Waals surface area contributed by atoms with Gasteiger partial charge in [0.25, 0.3) is 5.56 Å². The van der Waals surface area contributed by atoms with E-state index in [2.05, 4.69) is 10.3 Å². The highest BCUT2D eigenvalue weighted by molar-refractivity contribution is 5.88. The van der Waals surface area contributed by atoms with Crippen LogP contribution in [0.2, 0.25) is 0 Å². The van der Waals surface area contributed by atoms with Crippen molar-refractivity contribution in [2.75, 3.05) is 6.54 Å². The quantitative estimate of drug-likeness (QED) is 0.846. The van der Waals surface area contributed by atoms with E-state index < -0.39 is 6.04 Å². The Morgan fingerprint density at radius 2 is 2.13 bits per heavy atom. The summed E-state index contributed by atoms with van der Waals surface area (Å²) >= 11 is 0. The van der Waals surface area contributed by atoms with Crippen LogP contribution in [0.15, 0.2) is 10.9 Å². The molecule has 2 heterocycles. The molecule has 0 bridgehead atoms. The minimum absolute atomic E-state index is 0.0439. The van der Waals surface area contributed by atoms with Crippen LogP contribution < -0.4 is 10.9 Å². The smallest absolute Gasteiger partial charge is 0.253 e. The van der Waals surface area contributed by atoms with Gasteiger partial charge in [0.05, 0.1) is 0 Å². The number of H-pyrrole nitrogens is 1. The zero-order valence-corrected chi connectivity index (χ0v) is 13.5. The van der Waals surface area contributed by atoms with Crippen molar-refractivity contribution in [3.63, 3.8) is 0 Å². The number of amides is 2. The predicted octanol–water partition coefficient (Wildman–Crippen LogP) is 0.881. The topological polar surface area (TPSA) is 82.3 Å². The second-order valence-electron chi connectivity index (χ2n) is 6.31.